The Bertz CT molecular complexity index is 245. The molecule has 0 amide bonds. The van der Waals surface area contributed by atoms with Crippen LogP contribution in [0, 0.1) is 0 Å². The van der Waals surface area contributed by atoms with Gasteiger partial charge in [-0.2, -0.15) is 0 Å². The number of amidine groups is 1. The van der Waals surface area contributed by atoms with Crippen molar-refractivity contribution < 1.29 is 0 Å². The van der Waals surface area contributed by atoms with Gasteiger partial charge in [-0.05, 0) is 26.2 Å². The highest BCUT2D eigenvalue weighted by Crippen LogP contribution is 2.25. The molecule has 2 fully saturated rings. The Labute approximate surface area is 110 Å². The van der Waals surface area contributed by atoms with Crippen molar-refractivity contribution in [2.24, 2.45) is 4.99 Å². The van der Waals surface area contributed by atoms with Crippen LogP contribution >= 0.6 is 11.8 Å². The molecule has 2 rings (SSSR count). The SMILES string of the molecule is CC1CC(C)SC(=NC2CCCCCCC2)N1. The summed E-state index contributed by atoms with van der Waals surface area (Å²) in [5.74, 6) is 0. The normalized spacial score (nSPS) is 35.1. The third kappa shape index (κ3) is 4.53. The van der Waals surface area contributed by atoms with Crippen LogP contribution in [0.3, 0.4) is 0 Å². The third-order valence-electron chi connectivity index (χ3n) is 3.74. The van der Waals surface area contributed by atoms with Crippen molar-refractivity contribution in [2.75, 3.05) is 0 Å². The number of thioether (sulfide) groups is 1. The molecule has 1 aliphatic heterocycles. The van der Waals surface area contributed by atoms with Crippen LogP contribution in [-0.4, -0.2) is 22.5 Å². The highest BCUT2D eigenvalue weighted by Gasteiger charge is 2.21. The van der Waals surface area contributed by atoms with E-state index >= 15 is 0 Å². The number of rotatable bonds is 1. The van der Waals surface area contributed by atoms with Crippen molar-refractivity contribution in [3.05, 3.63) is 0 Å². The van der Waals surface area contributed by atoms with Crippen molar-refractivity contribution in [1.29, 1.82) is 0 Å². The van der Waals surface area contributed by atoms with Gasteiger partial charge >= 0.3 is 0 Å². The Balaban J connectivity index is 1.91. The van der Waals surface area contributed by atoms with E-state index in [0.717, 1.165) is 5.25 Å². The van der Waals surface area contributed by atoms with Crippen molar-refractivity contribution in [3.63, 3.8) is 0 Å². The second-order valence-electron chi connectivity index (χ2n) is 5.64. The maximum absolute atomic E-state index is 4.97. The van der Waals surface area contributed by atoms with Gasteiger partial charge in [0, 0.05) is 11.3 Å². The second kappa shape index (κ2) is 6.67. The van der Waals surface area contributed by atoms with E-state index in [1.807, 2.05) is 11.8 Å². The Morgan fingerprint density at radius 2 is 1.71 bits per heavy atom. The molecule has 2 aliphatic rings. The minimum atomic E-state index is 0.586. The molecular weight excluding hydrogens is 228 g/mol. The van der Waals surface area contributed by atoms with Crippen LogP contribution in [0.25, 0.3) is 0 Å². The van der Waals surface area contributed by atoms with Crippen LogP contribution < -0.4 is 5.32 Å². The van der Waals surface area contributed by atoms with Crippen LogP contribution in [0.5, 0.6) is 0 Å². The van der Waals surface area contributed by atoms with Crippen molar-refractivity contribution >= 4 is 16.9 Å². The average Bonchev–Trinajstić information content (AvgIpc) is 2.20. The maximum Gasteiger partial charge on any atom is 0.157 e. The molecule has 0 aromatic carbocycles. The summed E-state index contributed by atoms with van der Waals surface area (Å²) in [5, 5.41) is 5.47. The Hall–Kier alpha value is -0.180. The smallest absolute Gasteiger partial charge is 0.157 e. The Morgan fingerprint density at radius 1 is 1.06 bits per heavy atom. The topological polar surface area (TPSA) is 24.4 Å². The van der Waals surface area contributed by atoms with Crippen LogP contribution in [-0.2, 0) is 0 Å². The van der Waals surface area contributed by atoms with Crippen LogP contribution in [0.2, 0.25) is 0 Å². The van der Waals surface area contributed by atoms with Gasteiger partial charge in [-0.1, -0.05) is 50.8 Å². The first-order valence-corrected chi connectivity index (χ1v) is 8.13. The lowest BCUT2D eigenvalue weighted by Crippen LogP contribution is -2.39. The van der Waals surface area contributed by atoms with E-state index in [0.29, 0.717) is 12.1 Å². The molecule has 0 aromatic rings. The van der Waals surface area contributed by atoms with Gasteiger partial charge in [-0.25, -0.2) is 0 Å². The van der Waals surface area contributed by atoms with E-state index in [9.17, 15) is 0 Å². The van der Waals surface area contributed by atoms with Crippen molar-refractivity contribution in [3.8, 4) is 0 Å². The van der Waals surface area contributed by atoms with Crippen LogP contribution in [0.1, 0.15) is 65.2 Å². The zero-order chi connectivity index (χ0) is 12.1. The molecule has 1 saturated carbocycles. The number of hydrogen-bond acceptors (Lipinski definition) is 2. The fraction of sp³-hybridized carbons (Fsp3) is 0.929. The Morgan fingerprint density at radius 3 is 2.35 bits per heavy atom. The third-order valence-corrected chi connectivity index (χ3v) is 4.78. The standard InChI is InChI=1S/C14H26N2S/c1-11-10-12(2)17-14(15-11)16-13-8-6-4-3-5-7-9-13/h11-13H,3-10H2,1-2H3,(H,15,16). The predicted octanol–water partition coefficient (Wildman–Crippen LogP) is 3.96. The van der Waals surface area contributed by atoms with Gasteiger partial charge in [0.1, 0.15) is 0 Å². The molecule has 1 aliphatic carbocycles. The fourth-order valence-corrected chi connectivity index (χ4v) is 4.08. The first-order valence-electron chi connectivity index (χ1n) is 7.25. The van der Waals surface area contributed by atoms with E-state index in [1.54, 1.807) is 0 Å². The highest BCUT2D eigenvalue weighted by atomic mass is 32.2. The lowest BCUT2D eigenvalue weighted by molar-refractivity contribution is 0.453. The molecule has 98 valence electrons. The van der Waals surface area contributed by atoms with Gasteiger partial charge in [0.2, 0.25) is 0 Å². The molecule has 0 bridgehead atoms. The van der Waals surface area contributed by atoms with Gasteiger partial charge in [0.15, 0.2) is 5.17 Å². The summed E-state index contributed by atoms with van der Waals surface area (Å²) >= 11 is 1.93. The quantitative estimate of drug-likeness (QED) is 0.766. The first kappa shape index (κ1) is 13.3. The van der Waals surface area contributed by atoms with E-state index in [1.165, 1.54) is 56.5 Å². The minimum Gasteiger partial charge on any atom is -0.362 e. The lowest BCUT2D eigenvalue weighted by Gasteiger charge is -2.28. The summed E-state index contributed by atoms with van der Waals surface area (Å²) in [6.45, 7) is 4.58. The van der Waals surface area contributed by atoms with Crippen LogP contribution in [0.4, 0.5) is 0 Å². The van der Waals surface area contributed by atoms with Crippen LogP contribution in [0.15, 0.2) is 4.99 Å². The first-order chi connectivity index (χ1) is 8.24. The van der Waals surface area contributed by atoms with Crippen molar-refractivity contribution in [2.45, 2.75) is 82.5 Å². The summed E-state index contributed by atoms with van der Waals surface area (Å²) in [5.41, 5.74) is 0. The number of hydrogen-bond donors (Lipinski definition) is 1. The van der Waals surface area contributed by atoms with Gasteiger partial charge in [-0.15, -0.1) is 0 Å². The second-order valence-corrected chi connectivity index (χ2v) is 7.07. The molecule has 0 spiro atoms. The summed E-state index contributed by atoms with van der Waals surface area (Å²) in [6, 6.07) is 1.18. The summed E-state index contributed by atoms with van der Waals surface area (Å²) in [6.07, 6.45) is 10.9. The fourth-order valence-electron chi connectivity index (χ4n) is 2.84. The zero-order valence-electron chi connectivity index (χ0n) is 11.2. The average molecular weight is 254 g/mol. The zero-order valence-corrected chi connectivity index (χ0v) is 12.1. The number of aliphatic imine (C=N–C) groups is 1. The number of nitrogens with one attached hydrogen (secondary N) is 1. The summed E-state index contributed by atoms with van der Waals surface area (Å²) in [7, 11) is 0. The molecule has 1 saturated heterocycles. The van der Waals surface area contributed by atoms with Gasteiger partial charge in [0.05, 0.1) is 6.04 Å². The largest absolute Gasteiger partial charge is 0.362 e. The molecule has 1 heterocycles. The van der Waals surface area contributed by atoms with E-state index in [2.05, 4.69) is 19.2 Å². The molecule has 1 N–H and O–H groups in total. The number of nitrogens with zero attached hydrogens (tertiary/aromatic N) is 1. The molecule has 2 unspecified atom stereocenters. The van der Waals surface area contributed by atoms with E-state index < -0.39 is 0 Å². The molecule has 0 radical (unpaired) electrons. The van der Waals surface area contributed by atoms with Gasteiger partial charge < -0.3 is 5.32 Å². The highest BCUT2D eigenvalue weighted by molar-refractivity contribution is 8.14. The maximum atomic E-state index is 4.97. The van der Waals surface area contributed by atoms with Crippen molar-refractivity contribution in [1.82, 2.24) is 5.32 Å². The molecule has 17 heavy (non-hydrogen) atoms. The summed E-state index contributed by atoms with van der Waals surface area (Å²) in [4.78, 5) is 4.97. The van der Waals surface area contributed by atoms with Gasteiger partial charge in [0.25, 0.3) is 0 Å². The molecule has 2 nitrogen and oxygen atoms in total. The molecule has 0 aromatic heterocycles. The molecule has 3 heteroatoms. The minimum absolute atomic E-state index is 0.586. The van der Waals surface area contributed by atoms with Gasteiger partial charge in [-0.3, -0.25) is 4.99 Å². The molecule has 2 atom stereocenters. The monoisotopic (exact) mass is 254 g/mol. The predicted molar refractivity (Wildman–Crippen MR) is 77.8 cm³/mol. The summed E-state index contributed by atoms with van der Waals surface area (Å²) < 4.78 is 0. The van der Waals surface area contributed by atoms with E-state index in [4.69, 9.17) is 4.99 Å². The Kier molecular flexibility index (Phi) is 5.20. The van der Waals surface area contributed by atoms with E-state index in [-0.39, 0.29) is 0 Å². The molecular formula is C14H26N2S. The lowest BCUT2D eigenvalue weighted by atomic mass is 9.97.